The number of carbonyl (C=O) groups excluding carboxylic acids is 2. The third-order valence-electron chi connectivity index (χ3n) is 6.28. The molecule has 1 amide bonds. The highest BCUT2D eigenvalue weighted by atomic mass is 32.1. The van der Waals surface area contributed by atoms with Crippen molar-refractivity contribution >= 4 is 39.6 Å². The molecule has 0 radical (unpaired) electrons. The van der Waals surface area contributed by atoms with Gasteiger partial charge in [0.1, 0.15) is 16.3 Å². The zero-order valence-corrected chi connectivity index (χ0v) is 21.8. The van der Waals surface area contributed by atoms with Crippen molar-refractivity contribution in [3.05, 3.63) is 69.6 Å². The highest BCUT2D eigenvalue weighted by Crippen LogP contribution is 2.45. The Labute approximate surface area is 216 Å². The highest BCUT2D eigenvalue weighted by molar-refractivity contribution is 7.15. The smallest absolute Gasteiger partial charge is 0.301 e. The third-order valence-corrected chi connectivity index (χ3v) is 7.12. The zero-order valence-electron chi connectivity index (χ0n) is 21.0. The Kier molecular flexibility index (Phi) is 6.16. The molecular weight excluding hydrogens is 494 g/mol. The standard InChI is InChI=1S/C26H25N5O5S/c1-6-36-17-10-9-16(12-18(17)35-5)21-19(23(33)25(34)31(21)26-29-28-15(4)37-26)22(32)20-14(3)30-11-7-8-13(2)24(30)27-20/h7-12,21,32H,6H2,1-5H3. The van der Waals surface area contributed by atoms with Crippen molar-refractivity contribution < 1.29 is 24.2 Å². The highest BCUT2D eigenvalue weighted by Gasteiger charge is 2.49. The van der Waals surface area contributed by atoms with Crippen molar-refractivity contribution in [2.75, 3.05) is 18.6 Å². The van der Waals surface area contributed by atoms with Crippen LogP contribution in [-0.4, -0.2) is 50.1 Å². The minimum absolute atomic E-state index is 0.0896. The molecular formula is C26H25N5O5S. The minimum Gasteiger partial charge on any atom is -0.505 e. The lowest BCUT2D eigenvalue weighted by molar-refractivity contribution is -0.132. The van der Waals surface area contributed by atoms with Crippen LogP contribution in [0.25, 0.3) is 11.4 Å². The first kappa shape index (κ1) is 24.4. The average Bonchev–Trinajstić information content (AvgIpc) is 3.54. The number of ether oxygens (including phenoxy) is 2. The number of carbonyl (C=O) groups is 2. The molecule has 0 saturated carbocycles. The number of hydrogen-bond donors (Lipinski definition) is 1. The maximum absolute atomic E-state index is 13.5. The molecule has 3 aromatic heterocycles. The van der Waals surface area contributed by atoms with Gasteiger partial charge >= 0.3 is 5.91 Å². The van der Waals surface area contributed by atoms with Gasteiger partial charge in [0.15, 0.2) is 17.3 Å². The van der Waals surface area contributed by atoms with Gasteiger partial charge in [0.2, 0.25) is 5.13 Å². The van der Waals surface area contributed by atoms with Crippen LogP contribution in [0.2, 0.25) is 0 Å². The number of aromatic nitrogens is 4. The van der Waals surface area contributed by atoms with Gasteiger partial charge in [-0.3, -0.25) is 14.5 Å². The molecule has 5 rings (SSSR count). The number of anilines is 1. The van der Waals surface area contributed by atoms with E-state index in [1.807, 2.05) is 36.6 Å². The number of imidazole rings is 1. The van der Waals surface area contributed by atoms with Crippen molar-refractivity contribution in [3.8, 4) is 11.5 Å². The molecule has 0 aliphatic carbocycles. The number of benzene rings is 1. The van der Waals surface area contributed by atoms with E-state index in [4.69, 9.17) is 9.47 Å². The number of nitrogens with zero attached hydrogens (tertiary/aromatic N) is 5. The average molecular weight is 520 g/mol. The van der Waals surface area contributed by atoms with Gasteiger partial charge in [0.05, 0.1) is 31.0 Å². The van der Waals surface area contributed by atoms with Crippen LogP contribution in [-0.2, 0) is 9.59 Å². The van der Waals surface area contributed by atoms with Crippen LogP contribution in [0.15, 0.2) is 42.1 Å². The normalized spacial score (nSPS) is 17.1. The van der Waals surface area contributed by atoms with Crippen LogP contribution >= 0.6 is 11.3 Å². The first-order valence-electron chi connectivity index (χ1n) is 11.6. The molecule has 37 heavy (non-hydrogen) atoms. The Balaban J connectivity index is 1.76. The largest absolute Gasteiger partial charge is 0.505 e. The second-order valence-corrected chi connectivity index (χ2v) is 9.71. The number of hydrogen-bond acceptors (Lipinski definition) is 9. The summed E-state index contributed by atoms with van der Waals surface area (Å²) in [7, 11) is 1.51. The van der Waals surface area contributed by atoms with E-state index < -0.39 is 17.7 Å². The van der Waals surface area contributed by atoms with E-state index in [9.17, 15) is 14.7 Å². The molecule has 1 unspecified atom stereocenters. The van der Waals surface area contributed by atoms with Gasteiger partial charge in [0.25, 0.3) is 5.78 Å². The molecule has 4 aromatic rings. The lowest BCUT2D eigenvalue weighted by Crippen LogP contribution is -2.29. The summed E-state index contributed by atoms with van der Waals surface area (Å²) in [5.74, 6) is -1.06. The summed E-state index contributed by atoms with van der Waals surface area (Å²) < 4.78 is 13.0. The molecule has 1 aliphatic rings. The van der Waals surface area contributed by atoms with E-state index in [1.54, 1.807) is 32.0 Å². The number of aliphatic hydroxyl groups excluding tert-OH is 1. The Bertz CT molecular complexity index is 1590. The Morgan fingerprint density at radius 2 is 1.92 bits per heavy atom. The summed E-state index contributed by atoms with van der Waals surface area (Å²) in [5.41, 5.74) is 2.86. The van der Waals surface area contributed by atoms with E-state index in [0.717, 1.165) is 5.56 Å². The molecule has 11 heteroatoms. The Morgan fingerprint density at radius 1 is 1.14 bits per heavy atom. The van der Waals surface area contributed by atoms with Crippen molar-refractivity contribution in [1.29, 1.82) is 0 Å². The van der Waals surface area contributed by atoms with Crippen LogP contribution < -0.4 is 14.4 Å². The maximum Gasteiger partial charge on any atom is 0.301 e. The second-order valence-electron chi connectivity index (χ2n) is 8.55. The monoisotopic (exact) mass is 519 g/mol. The van der Waals surface area contributed by atoms with Crippen molar-refractivity contribution in [2.24, 2.45) is 0 Å². The lowest BCUT2D eigenvalue weighted by atomic mass is 9.96. The fraction of sp³-hybridized carbons (Fsp3) is 0.269. The molecule has 1 aromatic carbocycles. The number of Topliss-reactive ketones (excluding diaryl/α,β-unsaturated/α-hetero) is 1. The van der Waals surface area contributed by atoms with Gasteiger partial charge in [0, 0.05) is 6.20 Å². The SMILES string of the molecule is CCOc1ccc(C2C(=C(O)c3nc4c(C)cccn4c3C)C(=O)C(=O)N2c2nnc(C)s2)cc1OC. The van der Waals surface area contributed by atoms with E-state index in [0.29, 0.717) is 40.0 Å². The molecule has 1 fully saturated rings. The van der Waals surface area contributed by atoms with Gasteiger partial charge in [-0.25, -0.2) is 4.98 Å². The Hall–Kier alpha value is -4.25. The number of pyridine rings is 1. The number of rotatable bonds is 6. The van der Waals surface area contributed by atoms with Crippen LogP contribution in [0, 0.1) is 20.8 Å². The number of amides is 1. The van der Waals surface area contributed by atoms with Gasteiger partial charge in [-0.15, -0.1) is 10.2 Å². The molecule has 190 valence electrons. The molecule has 1 atom stereocenters. The summed E-state index contributed by atoms with van der Waals surface area (Å²) in [6, 6.07) is 7.94. The van der Waals surface area contributed by atoms with Crippen molar-refractivity contribution in [1.82, 2.24) is 19.6 Å². The van der Waals surface area contributed by atoms with Crippen LogP contribution in [0.5, 0.6) is 11.5 Å². The fourth-order valence-corrected chi connectivity index (χ4v) is 5.25. The molecule has 1 N–H and O–H groups in total. The van der Waals surface area contributed by atoms with Crippen molar-refractivity contribution in [3.63, 3.8) is 0 Å². The van der Waals surface area contributed by atoms with Crippen LogP contribution in [0.4, 0.5) is 5.13 Å². The summed E-state index contributed by atoms with van der Waals surface area (Å²) in [5, 5.41) is 20.6. The molecule has 4 heterocycles. The Morgan fingerprint density at radius 3 is 2.57 bits per heavy atom. The molecule has 10 nitrogen and oxygen atoms in total. The number of aryl methyl sites for hydroxylation is 3. The zero-order chi connectivity index (χ0) is 26.4. The van der Waals surface area contributed by atoms with E-state index in [1.165, 1.54) is 23.3 Å². The maximum atomic E-state index is 13.5. The lowest BCUT2D eigenvalue weighted by Gasteiger charge is -2.23. The van der Waals surface area contributed by atoms with Crippen LogP contribution in [0.1, 0.15) is 40.5 Å². The summed E-state index contributed by atoms with van der Waals surface area (Å²) in [6.45, 7) is 7.76. The van der Waals surface area contributed by atoms with Gasteiger partial charge in [-0.1, -0.05) is 23.5 Å². The number of aliphatic hydroxyl groups is 1. The van der Waals surface area contributed by atoms with E-state index in [-0.39, 0.29) is 22.2 Å². The van der Waals surface area contributed by atoms with Crippen molar-refractivity contribution in [2.45, 2.75) is 33.7 Å². The number of fused-ring (bicyclic) bond motifs is 1. The molecule has 1 aliphatic heterocycles. The first-order valence-corrected chi connectivity index (χ1v) is 12.4. The fourth-order valence-electron chi connectivity index (χ4n) is 4.53. The van der Waals surface area contributed by atoms with Gasteiger partial charge in [-0.05, 0) is 57.0 Å². The minimum atomic E-state index is -0.984. The summed E-state index contributed by atoms with van der Waals surface area (Å²) in [4.78, 5) is 32.7. The molecule has 0 spiro atoms. The molecule has 0 bridgehead atoms. The van der Waals surface area contributed by atoms with E-state index in [2.05, 4.69) is 15.2 Å². The third kappa shape index (κ3) is 3.91. The molecule has 1 saturated heterocycles. The summed E-state index contributed by atoms with van der Waals surface area (Å²) in [6.07, 6.45) is 1.83. The van der Waals surface area contributed by atoms with Crippen LogP contribution in [0.3, 0.4) is 0 Å². The van der Waals surface area contributed by atoms with Gasteiger partial charge < -0.3 is 19.0 Å². The predicted molar refractivity (Wildman–Crippen MR) is 138 cm³/mol. The van der Waals surface area contributed by atoms with Gasteiger partial charge in [-0.2, -0.15) is 0 Å². The number of methoxy groups -OCH3 is 1. The topological polar surface area (TPSA) is 119 Å². The van der Waals surface area contributed by atoms with E-state index >= 15 is 0 Å². The quantitative estimate of drug-likeness (QED) is 0.229. The number of ketones is 1. The first-order chi connectivity index (χ1) is 17.8. The second kappa shape index (κ2) is 9.32. The summed E-state index contributed by atoms with van der Waals surface area (Å²) >= 11 is 1.18. The predicted octanol–water partition coefficient (Wildman–Crippen LogP) is 4.14.